The highest BCUT2D eigenvalue weighted by atomic mass is 16.5. The summed E-state index contributed by atoms with van der Waals surface area (Å²) in [5.41, 5.74) is 0.719. The van der Waals surface area contributed by atoms with Gasteiger partial charge in [-0.25, -0.2) is 0 Å². The molecule has 1 aliphatic heterocycles. The number of ether oxygens (including phenoxy) is 1. The van der Waals surface area contributed by atoms with E-state index < -0.39 is 12.0 Å². The second-order valence-electron chi connectivity index (χ2n) is 4.58. The molecule has 2 heterocycles. The average molecular weight is 261 g/mol. The highest BCUT2D eigenvalue weighted by Gasteiger charge is 2.31. The molecule has 0 spiro atoms. The van der Waals surface area contributed by atoms with Crippen molar-refractivity contribution in [3.8, 4) is 0 Å². The van der Waals surface area contributed by atoms with Crippen LogP contribution in [0.3, 0.4) is 0 Å². The Morgan fingerprint density at radius 1 is 1.26 bits per heavy atom. The van der Waals surface area contributed by atoms with Gasteiger partial charge in [-0.1, -0.05) is 18.2 Å². The van der Waals surface area contributed by atoms with Crippen LogP contribution in [0.5, 0.6) is 0 Å². The van der Waals surface area contributed by atoms with E-state index in [-0.39, 0.29) is 0 Å². The van der Waals surface area contributed by atoms with Crippen molar-refractivity contribution in [3.63, 3.8) is 0 Å². The molecule has 5 heteroatoms. The molecule has 0 aliphatic carbocycles. The van der Waals surface area contributed by atoms with Gasteiger partial charge in [-0.2, -0.15) is 0 Å². The van der Waals surface area contributed by atoms with Crippen LogP contribution in [0.4, 0.5) is 0 Å². The highest BCUT2D eigenvalue weighted by molar-refractivity contribution is 5.81. The summed E-state index contributed by atoms with van der Waals surface area (Å²) in [6.07, 6.45) is 0. The van der Waals surface area contributed by atoms with Gasteiger partial charge in [-0.15, -0.1) is 0 Å². The number of rotatable bonds is 3. The van der Waals surface area contributed by atoms with Crippen LogP contribution in [-0.4, -0.2) is 42.3 Å². The van der Waals surface area contributed by atoms with Crippen LogP contribution in [0.2, 0.25) is 0 Å². The lowest BCUT2D eigenvalue weighted by Crippen LogP contribution is -2.42. The van der Waals surface area contributed by atoms with E-state index in [1.165, 1.54) is 0 Å². The maximum absolute atomic E-state index is 11.5. The van der Waals surface area contributed by atoms with E-state index in [0.29, 0.717) is 32.1 Å². The number of fused-ring (bicyclic) bond motifs is 1. The summed E-state index contributed by atoms with van der Waals surface area (Å²) in [7, 11) is 0. The second kappa shape index (κ2) is 5.03. The molecule has 1 N–H and O–H groups in total. The van der Waals surface area contributed by atoms with E-state index >= 15 is 0 Å². The summed E-state index contributed by atoms with van der Waals surface area (Å²) in [4.78, 5) is 13.4. The lowest BCUT2D eigenvalue weighted by Gasteiger charge is -2.30. The smallest absolute Gasteiger partial charge is 0.328 e. The maximum Gasteiger partial charge on any atom is 0.328 e. The monoisotopic (exact) mass is 261 g/mol. The van der Waals surface area contributed by atoms with Gasteiger partial charge in [0, 0.05) is 18.5 Å². The lowest BCUT2D eigenvalue weighted by atomic mass is 10.1. The van der Waals surface area contributed by atoms with Gasteiger partial charge in [0.1, 0.15) is 11.3 Å². The number of carbonyl (C=O) groups is 1. The number of morpholine rings is 1. The molecule has 100 valence electrons. The molecule has 1 aliphatic rings. The first-order valence-electron chi connectivity index (χ1n) is 6.29. The van der Waals surface area contributed by atoms with E-state index in [4.69, 9.17) is 9.15 Å². The quantitative estimate of drug-likeness (QED) is 0.914. The number of nitrogens with zero attached hydrogens (tertiary/aromatic N) is 1. The number of hydrogen-bond acceptors (Lipinski definition) is 4. The van der Waals surface area contributed by atoms with Crippen LogP contribution in [-0.2, 0) is 9.53 Å². The minimum atomic E-state index is -0.888. The zero-order valence-electron chi connectivity index (χ0n) is 10.4. The van der Waals surface area contributed by atoms with Crippen LogP contribution >= 0.6 is 0 Å². The fraction of sp³-hybridized carbons (Fsp3) is 0.357. The predicted molar refractivity (Wildman–Crippen MR) is 69.0 cm³/mol. The maximum atomic E-state index is 11.5. The topological polar surface area (TPSA) is 62.9 Å². The summed E-state index contributed by atoms with van der Waals surface area (Å²) in [6.45, 7) is 2.33. The summed E-state index contributed by atoms with van der Waals surface area (Å²) >= 11 is 0. The van der Waals surface area contributed by atoms with Crippen molar-refractivity contribution in [2.75, 3.05) is 26.3 Å². The highest BCUT2D eigenvalue weighted by Crippen LogP contribution is 2.28. The standard InChI is InChI=1S/C14H15NO4/c16-14(17)13(15-5-7-18-8-6-15)12-9-10-3-1-2-4-11(10)19-12/h1-4,9,13H,5-8H2,(H,16,17)/t13-/m1/s1. The van der Waals surface area contributed by atoms with Crippen molar-refractivity contribution >= 4 is 16.9 Å². The zero-order chi connectivity index (χ0) is 13.2. The Morgan fingerprint density at radius 3 is 2.68 bits per heavy atom. The molecule has 19 heavy (non-hydrogen) atoms. The summed E-state index contributed by atoms with van der Waals surface area (Å²) in [6, 6.07) is 8.62. The SMILES string of the molecule is O=C(O)[C@@H](c1cc2ccccc2o1)N1CCOCC1. The summed E-state index contributed by atoms with van der Waals surface area (Å²) in [5.74, 6) is -0.406. The number of carboxylic acid groups (broad SMARTS) is 1. The van der Waals surface area contributed by atoms with Crippen LogP contribution in [0, 0.1) is 0 Å². The zero-order valence-corrected chi connectivity index (χ0v) is 10.4. The van der Waals surface area contributed by atoms with Gasteiger partial charge >= 0.3 is 5.97 Å². The number of hydrogen-bond donors (Lipinski definition) is 1. The molecule has 0 bridgehead atoms. The van der Waals surface area contributed by atoms with Gasteiger partial charge in [0.05, 0.1) is 13.2 Å². The molecule has 3 rings (SSSR count). The number of aliphatic carboxylic acids is 1. The van der Waals surface area contributed by atoms with Crippen molar-refractivity contribution in [1.29, 1.82) is 0 Å². The third-order valence-electron chi connectivity index (χ3n) is 3.36. The summed E-state index contributed by atoms with van der Waals surface area (Å²) < 4.78 is 10.9. The molecule has 1 saturated heterocycles. The number of benzene rings is 1. The largest absolute Gasteiger partial charge is 0.480 e. The number of para-hydroxylation sites is 1. The molecule has 1 aromatic carbocycles. The van der Waals surface area contributed by atoms with Gasteiger partial charge in [0.15, 0.2) is 6.04 Å². The molecule has 5 nitrogen and oxygen atoms in total. The second-order valence-corrected chi connectivity index (χ2v) is 4.58. The Balaban J connectivity index is 1.96. The van der Waals surface area contributed by atoms with Crippen LogP contribution < -0.4 is 0 Å². The van der Waals surface area contributed by atoms with Crippen molar-refractivity contribution in [1.82, 2.24) is 4.90 Å². The van der Waals surface area contributed by atoms with Gasteiger partial charge < -0.3 is 14.3 Å². The molecule has 1 fully saturated rings. The molecular formula is C14H15NO4. The molecule has 1 aromatic heterocycles. The normalized spacial score (nSPS) is 18.5. The minimum Gasteiger partial charge on any atom is -0.480 e. The first-order chi connectivity index (χ1) is 9.25. The number of carboxylic acids is 1. The van der Waals surface area contributed by atoms with Crippen molar-refractivity contribution < 1.29 is 19.1 Å². The molecule has 0 radical (unpaired) electrons. The molecule has 0 saturated carbocycles. The Hall–Kier alpha value is -1.85. The summed E-state index contributed by atoms with van der Waals surface area (Å²) in [5, 5.41) is 10.4. The Kier molecular flexibility index (Phi) is 3.23. The van der Waals surface area contributed by atoms with E-state index in [0.717, 1.165) is 11.0 Å². The first-order valence-corrected chi connectivity index (χ1v) is 6.29. The Labute approximate surface area is 110 Å². The third-order valence-corrected chi connectivity index (χ3v) is 3.36. The van der Waals surface area contributed by atoms with Gasteiger partial charge in [0.25, 0.3) is 0 Å². The first kappa shape index (κ1) is 12.2. The van der Waals surface area contributed by atoms with Crippen molar-refractivity contribution in [2.45, 2.75) is 6.04 Å². The molecule has 1 atom stereocenters. The van der Waals surface area contributed by atoms with E-state index in [2.05, 4.69) is 0 Å². The van der Waals surface area contributed by atoms with Gasteiger partial charge in [-0.05, 0) is 12.1 Å². The van der Waals surface area contributed by atoms with E-state index in [9.17, 15) is 9.90 Å². The van der Waals surface area contributed by atoms with E-state index in [1.807, 2.05) is 35.2 Å². The molecule has 0 unspecified atom stereocenters. The van der Waals surface area contributed by atoms with Crippen molar-refractivity contribution in [3.05, 3.63) is 36.1 Å². The Bertz CT molecular complexity index is 553. The van der Waals surface area contributed by atoms with Crippen LogP contribution in [0.1, 0.15) is 11.8 Å². The molecule has 2 aromatic rings. The Morgan fingerprint density at radius 2 is 2.00 bits per heavy atom. The van der Waals surface area contributed by atoms with Crippen molar-refractivity contribution in [2.24, 2.45) is 0 Å². The average Bonchev–Trinajstić information content (AvgIpc) is 2.82. The third kappa shape index (κ3) is 2.34. The molecule has 0 amide bonds. The lowest BCUT2D eigenvalue weighted by molar-refractivity contribution is -0.146. The fourth-order valence-electron chi connectivity index (χ4n) is 2.43. The van der Waals surface area contributed by atoms with Gasteiger partial charge in [0.2, 0.25) is 0 Å². The number of furan rings is 1. The predicted octanol–water partition coefficient (Wildman–Crippen LogP) is 1.89. The van der Waals surface area contributed by atoms with Gasteiger partial charge in [-0.3, -0.25) is 9.69 Å². The minimum absolute atomic E-state index is 0.482. The van der Waals surface area contributed by atoms with Crippen LogP contribution in [0.15, 0.2) is 34.7 Å². The molecular weight excluding hydrogens is 246 g/mol. The van der Waals surface area contributed by atoms with E-state index in [1.54, 1.807) is 0 Å². The fourth-order valence-corrected chi connectivity index (χ4v) is 2.43. The van der Waals surface area contributed by atoms with Crippen LogP contribution in [0.25, 0.3) is 11.0 Å².